The molecule has 0 bridgehead atoms. The quantitative estimate of drug-likeness (QED) is 0.654. The summed E-state index contributed by atoms with van der Waals surface area (Å²) in [7, 11) is 0. The number of hydrogen-bond donors (Lipinski definition) is 1. The Balaban J connectivity index is 2.07. The van der Waals surface area contributed by atoms with Gasteiger partial charge in [0.05, 0.1) is 4.92 Å². The number of nitrogens with two attached hydrogens (primary N) is 1. The average molecular weight is 286 g/mol. The van der Waals surface area contributed by atoms with Gasteiger partial charge >= 0.3 is 0 Å². The summed E-state index contributed by atoms with van der Waals surface area (Å²) in [6.07, 6.45) is 0.761. The van der Waals surface area contributed by atoms with Crippen molar-refractivity contribution in [1.82, 2.24) is 0 Å². The molecule has 0 saturated carbocycles. The first-order chi connectivity index (χ1) is 10.1. The van der Waals surface area contributed by atoms with Crippen molar-refractivity contribution in [2.45, 2.75) is 20.0 Å². The molecule has 0 saturated heterocycles. The normalized spacial score (nSPS) is 10.4. The molecular formula is C16H18N2O3. The maximum Gasteiger partial charge on any atom is 0.269 e. The van der Waals surface area contributed by atoms with Gasteiger partial charge in [-0.1, -0.05) is 17.7 Å². The smallest absolute Gasteiger partial charge is 0.269 e. The van der Waals surface area contributed by atoms with Gasteiger partial charge in [-0.15, -0.1) is 0 Å². The molecule has 5 heteroatoms. The lowest BCUT2D eigenvalue weighted by molar-refractivity contribution is -0.384. The Kier molecular flexibility index (Phi) is 4.90. The van der Waals surface area contributed by atoms with Crippen LogP contribution in [-0.2, 0) is 13.0 Å². The van der Waals surface area contributed by atoms with Gasteiger partial charge in [0, 0.05) is 12.1 Å². The summed E-state index contributed by atoms with van der Waals surface area (Å²) in [5.74, 6) is 0.810. The highest BCUT2D eigenvalue weighted by molar-refractivity contribution is 5.38. The molecular weight excluding hydrogens is 268 g/mol. The zero-order valence-electron chi connectivity index (χ0n) is 11.9. The first kappa shape index (κ1) is 15.0. The van der Waals surface area contributed by atoms with E-state index in [0.29, 0.717) is 13.2 Å². The van der Waals surface area contributed by atoms with E-state index in [-0.39, 0.29) is 5.69 Å². The second-order valence-electron chi connectivity index (χ2n) is 4.86. The van der Waals surface area contributed by atoms with Crippen LogP contribution in [-0.4, -0.2) is 11.5 Å². The zero-order chi connectivity index (χ0) is 15.2. The second-order valence-corrected chi connectivity index (χ2v) is 4.86. The van der Waals surface area contributed by atoms with Gasteiger partial charge in [-0.25, -0.2) is 0 Å². The highest BCUT2D eigenvalue weighted by atomic mass is 16.6. The van der Waals surface area contributed by atoms with Gasteiger partial charge in [0.1, 0.15) is 12.4 Å². The lowest BCUT2D eigenvalue weighted by Gasteiger charge is -2.12. The monoisotopic (exact) mass is 286 g/mol. The van der Waals surface area contributed by atoms with Gasteiger partial charge in [-0.2, -0.15) is 0 Å². The predicted octanol–water partition coefficient (Wildman–Crippen LogP) is 2.98. The van der Waals surface area contributed by atoms with E-state index in [1.807, 2.05) is 19.1 Å². The summed E-state index contributed by atoms with van der Waals surface area (Å²) in [6, 6.07) is 12.4. The van der Waals surface area contributed by atoms with E-state index in [9.17, 15) is 10.1 Å². The number of aryl methyl sites for hydroxylation is 1. The average Bonchev–Trinajstić information content (AvgIpc) is 2.47. The molecule has 0 spiro atoms. The number of ether oxygens (including phenoxy) is 1. The summed E-state index contributed by atoms with van der Waals surface area (Å²) in [4.78, 5) is 10.2. The zero-order valence-corrected chi connectivity index (χ0v) is 11.9. The van der Waals surface area contributed by atoms with Crippen LogP contribution in [0.5, 0.6) is 5.75 Å². The van der Waals surface area contributed by atoms with Gasteiger partial charge in [0.15, 0.2) is 0 Å². The summed E-state index contributed by atoms with van der Waals surface area (Å²) < 4.78 is 5.81. The van der Waals surface area contributed by atoms with Gasteiger partial charge in [-0.05, 0) is 49.2 Å². The molecule has 2 rings (SSSR count). The fraction of sp³-hybridized carbons (Fsp3) is 0.250. The van der Waals surface area contributed by atoms with Crippen LogP contribution in [0.4, 0.5) is 5.69 Å². The van der Waals surface area contributed by atoms with E-state index in [2.05, 4.69) is 6.07 Å². The van der Waals surface area contributed by atoms with E-state index >= 15 is 0 Å². The predicted molar refractivity (Wildman–Crippen MR) is 81.4 cm³/mol. The fourth-order valence-corrected chi connectivity index (χ4v) is 2.07. The minimum absolute atomic E-state index is 0.0814. The lowest BCUT2D eigenvalue weighted by Crippen LogP contribution is -2.06. The minimum atomic E-state index is -0.413. The molecule has 2 aromatic carbocycles. The molecule has 5 nitrogen and oxygen atoms in total. The van der Waals surface area contributed by atoms with Crippen LogP contribution < -0.4 is 10.5 Å². The van der Waals surface area contributed by atoms with Crippen LogP contribution in [0.3, 0.4) is 0 Å². The molecule has 0 fully saturated rings. The van der Waals surface area contributed by atoms with Gasteiger partial charge in [-0.3, -0.25) is 10.1 Å². The third-order valence-corrected chi connectivity index (χ3v) is 3.17. The molecule has 0 aromatic heterocycles. The summed E-state index contributed by atoms with van der Waals surface area (Å²) in [6.45, 7) is 2.97. The van der Waals surface area contributed by atoms with E-state index in [0.717, 1.165) is 23.3 Å². The molecule has 110 valence electrons. The van der Waals surface area contributed by atoms with Crippen molar-refractivity contribution in [1.29, 1.82) is 0 Å². The van der Waals surface area contributed by atoms with Crippen molar-refractivity contribution >= 4 is 5.69 Å². The van der Waals surface area contributed by atoms with Crippen molar-refractivity contribution in [2.75, 3.05) is 6.54 Å². The number of benzene rings is 2. The highest BCUT2D eigenvalue weighted by Gasteiger charge is 2.06. The standard InChI is InChI=1S/C16H18N2O3/c1-12-2-7-16(14(10-12)8-9-17)21-11-13-3-5-15(6-4-13)18(19)20/h2-7,10H,8-9,11,17H2,1H3. The molecule has 0 atom stereocenters. The van der Waals surface area contributed by atoms with Gasteiger partial charge < -0.3 is 10.5 Å². The van der Waals surface area contributed by atoms with Crippen LogP contribution in [0.2, 0.25) is 0 Å². The number of nitrogens with zero attached hydrogens (tertiary/aromatic N) is 1. The number of nitro groups is 1. The Morgan fingerprint density at radius 1 is 1.19 bits per heavy atom. The Morgan fingerprint density at radius 2 is 1.90 bits per heavy atom. The van der Waals surface area contributed by atoms with E-state index in [1.165, 1.54) is 17.7 Å². The van der Waals surface area contributed by atoms with E-state index in [4.69, 9.17) is 10.5 Å². The molecule has 0 amide bonds. The Bertz CT molecular complexity index is 624. The number of nitro benzene ring substituents is 1. The van der Waals surface area contributed by atoms with Crippen molar-refractivity contribution in [3.05, 3.63) is 69.3 Å². The molecule has 0 aliphatic carbocycles. The molecule has 2 aromatic rings. The van der Waals surface area contributed by atoms with Crippen LogP contribution in [0.25, 0.3) is 0 Å². The van der Waals surface area contributed by atoms with Crippen LogP contribution in [0.1, 0.15) is 16.7 Å². The highest BCUT2D eigenvalue weighted by Crippen LogP contribution is 2.22. The Labute approximate surface area is 123 Å². The summed E-state index contributed by atoms with van der Waals surface area (Å²) in [5.41, 5.74) is 8.83. The van der Waals surface area contributed by atoms with Crippen LogP contribution >= 0.6 is 0 Å². The number of hydrogen-bond acceptors (Lipinski definition) is 4. The minimum Gasteiger partial charge on any atom is -0.489 e. The first-order valence-electron chi connectivity index (χ1n) is 6.76. The van der Waals surface area contributed by atoms with E-state index < -0.39 is 4.92 Å². The fourth-order valence-electron chi connectivity index (χ4n) is 2.07. The van der Waals surface area contributed by atoms with Gasteiger partial charge in [0.25, 0.3) is 5.69 Å². The third kappa shape index (κ3) is 4.03. The molecule has 21 heavy (non-hydrogen) atoms. The maximum atomic E-state index is 10.6. The van der Waals surface area contributed by atoms with Gasteiger partial charge in [0.2, 0.25) is 0 Å². The summed E-state index contributed by atoms with van der Waals surface area (Å²) >= 11 is 0. The largest absolute Gasteiger partial charge is 0.489 e. The molecule has 0 aliphatic heterocycles. The Morgan fingerprint density at radius 3 is 2.52 bits per heavy atom. The lowest BCUT2D eigenvalue weighted by atomic mass is 10.1. The number of rotatable bonds is 6. The van der Waals surface area contributed by atoms with Crippen molar-refractivity contribution < 1.29 is 9.66 Å². The van der Waals surface area contributed by atoms with Crippen LogP contribution in [0.15, 0.2) is 42.5 Å². The molecule has 0 unspecified atom stereocenters. The maximum absolute atomic E-state index is 10.6. The summed E-state index contributed by atoms with van der Waals surface area (Å²) in [5, 5.41) is 10.6. The molecule has 0 heterocycles. The molecule has 0 aliphatic rings. The second kappa shape index (κ2) is 6.85. The first-order valence-corrected chi connectivity index (χ1v) is 6.76. The Hall–Kier alpha value is -2.40. The number of non-ortho nitro benzene ring substituents is 1. The SMILES string of the molecule is Cc1ccc(OCc2ccc([N+](=O)[O-])cc2)c(CCN)c1. The van der Waals surface area contributed by atoms with Crippen molar-refractivity contribution in [3.8, 4) is 5.75 Å². The third-order valence-electron chi connectivity index (χ3n) is 3.17. The van der Waals surface area contributed by atoms with Crippen molar-refractivity contribution in [3.63, 3.8) is 0 Å². The van der Waals surface area contributed by atoms with Crippen molar-refractivity contribution in [2.24, 2.45) is 5.73 Å². The molecule has 0 radical (unpaired) electrons. The van der Waals surface area contributed by atoms with E-state index in [1.54, 1.807) is 12.1 Å². The topological polar surface area (TPSA) is 78.4 Å². The molecule has 2 N–H and O–H groups in total. The van der Waals surface area contributed by atoms with Crippen LogP contribution in [0, 0.1) is 17.0 Å².